The summed E-state index contributed by atoms with van der Waals surface area (Å²) in [6, 6.07) is 30.4. The van der Waals surface area contributed by atoms with Crippen LogP contribution in [0.4, 0.5) is 11.4 Å². The molecule has 7 nitrogen and oxygen atoms in total. The molecular weight excluding hydrogens is 616 g/mol. The van der Waals surface area contributed by atoms with Gasteiger partial charge in [0.15, 0.2) is 5.60 Å². The Bertz CT molecular complexity index is 1750. The molecule has 1 fully saturated rings. The summed E-state index contributed by atoms with van der Waals surface area (Å²) in [4.78, 5) is 29.4. The van der Waals surface area contributed by atoms with Gasteiger partial charge >= 0.3 is 0 Å². The van der Waals surface area contributed by atoms with Crippen molar-refractivity contribution in [3.05, 3.63) is 119 Å². The minimum absolute atomic E-state index is 0.0281. The molecule has 6 rings (SSSR count). The van der Waals surface area contributed by atoms with Gasteiger partial charge in [-0.3, -0.25) is 9.59 Å². The summed E-state index contributed by atoms with van der Waals surface area (Å²) in [6.07, 6.45) is 0.103. The zero-order valence-electron chi connectivity index (χ0n) is 26.5. The first-order valence-corrected chi connectivity index (χ1v) is 19.1. The van der Waals surface area contributed by atoms with Crippen LogP contribution in [0.15, 0.2) is 97.1 Å². The van der Waals surface area contributed by atoms with E-state index in [9.17, 15) is 14.7 Å². The number of rotatable bonds is 9. The summed E-state index contributed by atoms with van der Waals surface area (Å²) < 4.78 is 12.4. The van der Waals surface area contributed by atoms with E-state index in [1.807, 2.05) is 66.7 Å². The van der Waals surface area contributed by atoms with Crippen LogP contribution in [0.2, 0.25) is 23.7 Å². The minimum Gasteiger partial charge on any atom is -0.497 e. The minimum atomic E-state index is -2.29. The summed E-state index contributed by atoms with van der Waals surface area (Å²) in [5.41, 5.74) is 2.36. The number of nitrogens with zero attached hydrogens (tertiary/aromatic N) is 1. The van der Waals surface area contributed by atoms with Crippen LogP contribution >= 0.6 is 11.6 Å². The number of halogens is 1. The van der Waals surface area contributed by atoms with Crippen molar-refractivity contribution < 1.29 is 24.2 Å². The number of fused-ring (bicyclic) bond motifs is 2. The molecular formula is C37H39ClN2O5Si. The highest BCUT2D eigenvalue weighted by Gasteiger charge is 2.66. The van der Waals surface area contributed by atoms with Crippen LogP contribution in [0.1, 0.15) is 34.8 Å². The Morgan fingerprint density at radius 2 is 1.76 bits per heavy atom. The third kappa shape index (κ3) is 5.53. The lowest BCUT2D eigenvalue weighted by Gasteiger charge is -2.37. The standard InChI is InChI=1S/C37H39ClN2O5Si/c1-24-34(46(3,4)30-16-14-29(44-2)15-17-30)33(19-20-41)45-37(24)31-22-27(38)13-18-32(31)40(36(37)43)23-25-9-8-12-28(21-25)39-35(42)26-10-6-5-7-11-26/h5-18,21-22,24,33-34,41H,19-20,23H2,1-4H3,(H,39,42)/t24-,33+,34-,37+/m0/s1. The molecule has 46 heavy (non-hydrogen) atoms. The Kier molecular flexibility index (Phi) is 8.82. The Labute approximate surface area is 276 Å². The number of nitrogens with one attached hydrogen (secondary N) is 1. The third-order valence-electron chi connectivity index (χ3n) is 9.77. The van der Waals surface area contributed by atoms with Gasteiger partial charge in [-0.25, -0.2) is 0 Å². The average Bonchev–Trinajstić information content (AvgIpc) is 3.48. The van der Waals surface area contributed by atoms with Crippen LogP contribution < -0.4 is 20.1 Å². The van der Waals surface area contributed by atoms with Gasteiger partial charge in [0.05, 0.1) is 33.5 Å². The maximum atomic E-state index is 14.8. The number of aliphatic hydroxyl groups excluding tert-OH is 1. The van der Waals surface area contributed by atoms with Crippen LogP contribution in [0.25, 0.3) is 0 Å². The first-order valence-electron chi connectivity index (χ1n) is 15.6. The number of aliphatic hydroxyl groups is 1. The fourth-order valence-electron chi connectivity index (χ4n) is 7.56. The lowest BCUT2D eigenvalue weighted by molar-refractivity contribution is -0.146. The number of hydrogen-bond donors (Lipinski definition) is 2. The number of carbonyl (C=O) groups is 2. The summed E-state index contributed by atoms with van der Waals surface area (Å²) in [7, 11) is -0.631. The van der Waals surface area contributed by atoms with Gasteiger partial charge in [-0.15, -0.1) is 0 Å². The topological polar surface area (TPSA) is 88.1 Å². The second-order valence-electron chi connectivity index (χ2n) is 12.7. The first kappa shape index (κ1) is 32.0. The second-order valence-corrected chi connectivity index (χ2v) is 17.9. The lowest BCUT2D eigenvalue weighted by Crippen LogP contribution is -2.51. The lowest BCUT2D eigenvalue weighted by atomic mass is 9.82. The Morgan fingerprint density at radius 3 is 2.46 bits per heavy atom. The quantitative estimate of drug-likeness (QED) is 0.195. The molecule has 4 aromatic carbocycles. The molecule has 4 aromatic rings. The zero-order valence-corrected chi connectivity index (χ0v) is 28.3. The molecule has 0 aromatic heterocycles. The van der Waals surface area contributed by atoms with Gasteiger partial charge in [-0.2, -0.15) is 0 Å². The molecule has 1 saturated heterocycles. The number of methoxy groups -OCH3 is 1. The summed E-state index contributed by atoms with van der Waals surface area (Å²) in [6.45, 7) is 6.99. The molecule has 0 saturated carbocycles. The molecule has 0 radical (unpaired) electrons. The average molecular weight is 655 g/mol. The van der Waals surface area contributed by atoms with E-state index in [2.05, 4.69) is 37.5 Å². The van der Waals surface area contributed by atoms with Crippen LogP contribution in [-0.2, 0) is 21.7 Å². The third-order valence-corrected chi connectivity index (χ3v) is 14.4. The van der Waals surface area contributed by atoms with Gasteiger partial charge in [0.2, 0.25) is 0 Å². The highest BCUT2D eigenvalue weighted by atomic mass is 35.5. The molecule has 238 valence electrons. The molecule has 0 unspecified atom stereocenters. The smallest absolute Gasteiger partial charge is 0.264 e. The fourth-order valence-corrected chi connectivity index (χ4v) is 11.8. The predicted octanol–water partition coefficient (Wildman–Crippen LogP) is 6.75. The Hall–Kier alpha value is -3.95. The molecule has 0 bridgehead atoms. The van der Waals surface area contributed by atoms with E-state index in [0.717, 1.165) is 22.6 Å². The number of benzene rings is 4. The van der Waals surface area contributed by atoms with Crippen molar-refractivity contribution in [2.24, 2.45) is 5.92 Å². The van der Waals surface area contributed by atoms with E-state index in [4.69, 9.17) is 21.1 Å². The molecule has 0 aliphatic carbocycles. The highest BCUT2D eigenvalue weighted by molar-refractivity contribution is 6.91. The molecule has 1 spiro atoms. The number of anilines is 2. The van der Waals surface area contributed by atoms with E-state index in [1.165, 1.54) is 5.19 Å². The van der Waals surface area contributed by atoms with E-state index in [-0.39, 0.29) is 42.5 Å². The highest BCUT2D eigenvalue weighted by Crippen LogP contribution is 2.60. The zero-order chi connectivity index (χ0) is 32.6. The van der Waals surface area contributed by atoms with Crippen molar-refractivity contribution >= 4 is 48.1 Å². The van der Waals surface area contributed by atoms with Crippen molar-refractivity contribution in [2.45, 2.75) is 50.2 Å². The monoisotopic (exact) mass is 654 g/mol. The van der Waals surface area contributed by atoms with Gasteiger partial charge < -0.3 is 24.8 Å². The fraction of sp³-hybridized carbons (Fsp3) is 0.297. The molecule has 2 N–H and O–H groups in total. The molecule has 2 heterocycles. The van der Waals surface area contributed by atoms with Crippen LogP contribution in [0, 0.1) is 5.92 Å². The van der Waals surface area contributed by atoms with Gasteiger partial charge in [0, 0.05) is 34.4 Å². The number of ether oxygens (including phenoxy) is 2. The molecule has 9 heteroatoms. The van der Waals surface area contributed by atoms with Crippen LogP contribution in [0.3, 0.4) is 0 Å². The largest absolute Gasteiger partial charge is 0.497 e. The van der Waals surface area contributed by atoms with Gasteiger partial charge in [0.1, 0.15) is 5.75 Å². The SMILES string of the molecule is COc1ccc([Si](C)(C)[C@@H]2[C@@H](CCO)O[C@]3(C(=O)N(Cc4cccc(NC(=O)c5ccccc5)c4)c4ccc(Cl)cc43)[C@H]2C)cc1. The van der Waals surface area contributed by atoms with E-state index < -0.39 is 13.7 Å². The maximum Gasteiger partial charge on any atom is 0.264 e. The summed E-state index contributed by atoms with van der Waals surface area (Å²) in [5.74, 6) is 0.258. The van der Waals surface area contributed by atoms with E-state index in [1.54, 1.807) is 30.2 Å². The predicted molar refractivity (Wildman–Crippen MR) is 185 cm³/mol. The van der Waals surface area contributed by atoms with Crippen LogP contribution in [-0.4, -0.2) is 44.8 Å². The van der Waals surface area contributed by atoms with Crippen molar-refractivity contribution in [3.8, 4) is 5.75 Å². The normalized spacial score (nSPS) is 22.3. The van der Waals surface area contributed by atoms with E-state index in [0.29, 0.717) is 22.7 Å². The first-order chi connectivity index (χ1) is 22.1. The van der Waals surface area contributed by atoms with Gasteiger partial charge in [-0.1, -0.05) is 79.3 Å². The summed E-state index contributed by atoms with van der Waals surface area (Å²) in [5, 5.41) is 14.9. The molecule has 2 aliphatic heterocycles. The van der Waals surface area contributed by atoms with Crippen molar-refractivity contribution in [1.29, 1.82) is 0 Å². The van der Waals surface area contributed by atoms with Crippen LogP contribution in [0.5, 0.6) is 5.75 Å². The van der Waals surface area contributed by atoms with Crippen molar-refractivity contribution in [3.63, 3.8) is 0 Å². The van der Waals surface area contributed by atoms with Gasteiger partial charge in [0.25, 0.3) is 11.8 Å². The molecule has 2 aliphatic rings. The summed E-state index contributed by atoms with van der Waals surface area (Å²) >= 11 is 6.59. The van der Waals surface area contributed by atoms with Crippen molar-refractivity contribution in [2.75, 3.05) is 23.9 Å². The second kappa shape index (κ2) is 12.7. The maximum absolute atomic E-state index is 14.8. The number of amides is 2. The Morgan fingerprint density at radius 1 is 1.02 bits per heavy atom. The van der Waals surface area contributed by atoms with Gasteiger partial charge in [-0.05, 0) is 72.1 Å². The molecule has 4 atom stereocenters. The molecule has 2 amide bonds. The number of carbonyl (C=O) groups excluding carboxylic acids is 2. The Balaban J connectivity index is 1.35. The van der Waals surface area contributed by atoms with Crippen molar-refractivity contribution in [1.82, 2.24) is 0 Å². The van der Waals surface area contributed by atoms with E-state index >= 15 is 0 Å². The number of hydrogen-bond acceptors (Lipinski definition) is 5.